The van der Waals surface area contributed by atoms with E-state index in [-0.39, 0.29) is 5.69 Å². The Kier molecular flexibility index (Phi) is 4.96. The highest BCUT2D eigenvalue weighted by Crippen LogP contribution is 2.33. The first-order valence-electron chi connectivity index (χ1n) is 8.97. The monoisotopic (exact) mass is 360 g/mol. The zero-order valence-electron chi connectivity index (χ0n) is 14.6. The molecule has 2 aromatic rings. The van der Waals surface area contributed by atoms with E-state index in [1.54, 1.807) is 9.25 Å². The van der Waals surface area contributed by atoms with Crippen LogP contribution >= 0.6 is 11.8 Å². The van der Waals surface area contributed by atoms with Crippen LogP contribution in [0.3, 0.4) is 0 Å². The van der Waals surface area contributed by atoms with Gasteiger partial charge in [0.1, 0.15) is 5.82 Å². The van der Waals surface area contributed by atoms with E-state index in [9.17, 15) is 4.79 Å². The van der Waals surface area contributed by atoms with E-state index in [4.69, 9.17) is 4.74 Å². The molecule has 6 nitrogen and oxygen atoms in total. The molecule has 1 saturated heterocycles. The van der Waals surface area contributed by atoms with Crippen LogP contribution in [0.15, 0.2) is 34.0 Å². The highest BCUT2D eigenvalue weighted by Gasteiger charge is 2.24. The number of thioether (sulfide) groups is 1. The third kappa shape index (κ3) is 3.54. The Bertz CT molecular complexity index is 795. The van der Waals surface area contributed by atoms with E-state index in [1.807, 2.05) is 30.0 Å². The van der Waals surface area contributed by atoms with E-state index in [1.165, 1.54) is 0 Å². The molecule has 0 N–H and O–H groups in total. The van der Waals surface area contributed by atoms with Gasteiger partial charge in [0.05, 0.1) is 18.9 Å². The summed E-state index contributed by atoms with van der Waals surface area (Å²) in [6, 6.07) is 8.13. The number of rotatable bonds is 4. The number of benzene rings is 1. The van der Waals surface area contributed by atoms with E-state index < -0.39 is 0 Å². The van der Waals surface area contributed by atoms with Gasteiger partial charge in [-0.2, -0.15) is 5.10 Å². The number of nitrogens with zero attached hydrogens (tertiary/aromatic N) is 4. The van der Waals surface area contributed by atoms with Gasteiger partial charge >= 0.3 is 5.69 Å². The van der Waals surface area contributed by atoms with Crippen LogP contribution in [0.1, 0.15) is 19.2 Å². The van der Waals surface area contributed by atoms with Crippen molar-refractivity contribution < 1.29 is 4.74 Å². The lowest BCUT2D eigenvalue weighted by molar-refractivity contribution is 0.0368. The molecule has 0 spiro atoms. The number of para-hydroxylation sites is 1. The summed E-state index contributed by atoms with van der Waals surface area (Å²) in [7, 11) is 0. The van der Waals surface area contributed by atoms with Crippen LogP contribution in [0.5, 0.6) is 0 Å². The maximum Gasteiger partial charge on any atom is 0.350 e. The van der Waals surface area contributed by atoms with Crippen LogP contribution < -0.4 is 5.69 Å². The molecule has 1 aromatic heterocycles. The summed E-state index contributed by atoms with van der Waals surface area (Å²) in [6.07, 6.45) is 1.74. The summed E-state index contributed by atoms with van der Waals surface area (Å²) in [6.45, 7) is 7.43. The number of fused-ring (bicyclic) bond motifs is 3. The molecular formula is C18H24N4O2S. The number of aromatic nitrogens is 3. The summed E-state index contributed by atoms with van der Waals surface area (Å²) in [4.78, 5) is 16.5. The van der Waals surface area contributed by atoms with Crippen LogP contribution in [0.2, 0.25) is 0 Å². The number of hydrogen-bond acceptors (Lipinski definition) is 5. The molecule has 2 aliphatic rings. The molecule has 134 valence electrons. The van der Waals surface area contributed by atoms with Gasteiger partial charge in [0.15, 0.2) is 0 Å². The lowest BCUT2D eigenvalue weighted by Crippen LogP contribution is -2.37. The van der Waals surface area contributed by atoms with Gasteiger partial charge in [-0.3, -0.25) is 4.90 Å². The molecule has 0 saturated carbocycles. The van der Waals surface area contributed by atoms with Crippen LogP contribution in [-0.4, -0.2) is 57.3 Å². The van der Waals surface area contributed by atoms with Crippen molar-refractivity contribution in [2.24, 2.45) is 0 Å². The molecule has 25 heavy (non-hydrogen) atoms. The molecule has 1 fully saturated rings. The Labute approximate surface area is 151 Å². The molecule has 2 aliphatic heterocycles. The topological polar surface area (TPSA) is 52.3 Å². The number of ether oxygens (including phenoxy) is 1. The molecule has 3 heterocycles. The van der Waals surface area contributed by atoms with E-state index in [0.717, 1.165) is 62.1 Å². The van der Waals surface area contributed by atoms with Gasteiger partial charge in [-0.1, -0.05) is 19.1 Å². The average molecular weight is 360 g/mol. The van der Waals surface area contributed by atoms with Gasteiger partial charge in [0.25, 0.3) is 0 Å². The lowest BCUT2D eigenvalue weighted by atomic mass is 10.3. The maximum atomic E-state index is 12.9. The van der Waals surface area contributed by atoms with Crippen molar-refractivity contribution >= 4 is 11.8 Å². The minimum atomic E-state index is -0.0147. The van der Waals surface area contributed by atoms with Crippen molar-refractivity contribution in [2.45, 2.75) is 36.5 Å². The Hall–Kier alpha value is -1.57. The van der Waals surface area contributed by atoms with E-state index in [2.05, 4.69) is 23.0 Å². The van der Waals surface area contributed by atoms with Crippen LogP contribution in [0.4, 0.5) is 0 Å². The maximum absolute atomic E-state index is 12.9. The van der Waals surface area contributed by atoms with Gasteiger partial charge in [-0.05, 0) is 18.6 Å². The molecule has 7 heteroatoms. The minimum Gasteiger partial charge on any atom is -0.379 e. The van der Waals surface area contributed by atoms with Crippen molar-refractivity contribution in [1.82, 2.24) is 19.2 Å². The second-order valence-corrected chi connectivity index (χ2v) is 8.15. The molecule has 1 unspecified atom stereocenters. The Balaban J connectivity index is 1.55. The molecule has 0 bridgehead atoms. The first kappa shape index (κ1) is 16.9. The first-order chi connectivity index (χ1) is 12.2. The van der Waals surface area contributed by atoms with Crippen molar-refractivity contribution in [2.75, 3.05) is 32.8 Å². The predicted octanol–water partition coefficient (Wildman–Crippen LogP) is 1.79. The summed E-state index contributed by atoms with van der Waals surface area (Å²) in [5.74, 6) is 0.876. The number of morpholine rings is 1. The third-order valence-corrected chi connectivity index (χ3v) is 5.93. The van der Waals surface area contributed by atoms with Gasteiger partial charge < -0.3 is 4.74 Å². The Morgan fingerprint density at radius 1 is 1.24 bits per heavy atom. The summed E-state index contributed by atoms with van der Waals surface area (Å²) < 4.78 is 8.83. The predicted molar refractivity (Wildman–Crippen MR) is 98.7 cm³/mol. The molecule has 4 rings (SSSR count). The van der Waals surface area contributed by atoms with Crippen LogP contribution in [-0.2, 0) is 17.7 Å². The van der Waals surface area contributed by atoms with Crippen LogP contribution in [0, 0.1) is 0 Å². The smallest absolute Gasteiger partial charge is 0.350 e. The van der Waals surface area contributed by atoms with Gasteiger partial charge in [0, 0.05) is 42.7 Å². The van der Waals surface area contributed by atoms with Crippen molar-refractivity contribution in [3.63, 3.8) is 0 Å². The summed E-state index contributed by atoms with van der Waals surface area (Å²) in [5, 5.41) is 5.06. The normalized spacial score (nSPS) is 20.8. The largest absolute Gasteiger partial charge is 0.379 e. The second-order valence-electron chi connectivity index (χ2n) is 6.67. The minimum absolute atomic E-state index is 0.0147. The molecule has 0 radical (unpaired) electrons. The molecule has 1 atom stereocenters. The fourth-order valence-corrected chi connectivity index (χ4v) is 4.60. The zero-order chi connectivity index (χ0) is 17.2. The molecule has 0 aliphatic carbocycles. The molecule has 1 aromatic carbocycles. The highest BCUT2D eigenvalue weighted by atomic mass is 32.2. The highest BCUT2D eigenvalue weighted by molar-refractivity contribution is 8.00. The SMILES string of the molecule is CC1Cc2nn(CCCN3CCOCC3)c(=O)n2-c2ccccc2S1. The van der Waals surface area contributed by atoms with Gasteiger partial charge in [0.2, 0.25) is 0 Å². The van der Waals surface area contributed by atoms with E-state index in [0.29, 0.717) is 11.8 Å². The number of aryl methyl sites for hydroxylation is 1. The fourth-order valence-electron chi connectivity index (χ4n) is 3.50. The van der Waals surface area contributed by atoms with Crippen molar-refractivity contribution in [1.29, 1.82) is 0 Å². The Morgan fingerprint density at radius 2 is 2.04 bits per heavy atom. The zero-order valence-corrected chi connectivity index (χ0v) is 15.4. The average Bonchev–Trinajstić information content (AvgIpc) is 2.83. The van der Waals surface area contributed by atoms with Gasteiger partial charge in [-0.15, -0.1) is 11.8 Å². The quantitative estimate of drug-likeness (QED) is 0.832. The van der Waals surface area contributed by atoms with Crippen molar-refractivity contribution in [3.8, 4) is 5.69 Å². The lowest BCUT2D eigenvalue weighted by Gasteiger charge is -2.26. The summed E-state index contributed by atoms with van der Waals surface area (Å²) >= 11 is 1.82. The molecular weight excluding hydrogens is 336 g/mol. The second kappa shape index (κ2) is 7.35. The fraction of sp³-hybridized carbons (Fsp3) is 0.556. The van der Waals surface area contributed by atoms with Crippen molar-refractivity contribution in [3.05, 3.63) is 40.6 Å². The van der Waals surface area contributed by atoms with Gasteiger partial charge in [-0.25, -0.2) is 14.0 Å². The third-order valence-electron chi connectivity index (χ3n) is 4.76. The first-order valence-corrected chi connectivity index (χ1v) is 9.85. The van der Waals surface area contributed by atoms with Crippen LogP contribution in [0.25, 0.3) is 5.69 Å². The standard InChI is InChI=1S/C18H24N4O2S/c1-14-13-17-19-21(8-4-7-20-9-11-24-12-10-20)18(23)22(17)15-5-2-3-6-16(15)25-14/h2-3,5-6,14H,4,7-13H2,1H3. The number of hydrogen-bond donors (Lipinski definition) is 0. The van der Waals surface area contributed by atoms with E-state index >= 15 is 0 Å². The molecule has 0 amide bonds. The summed E-state index contributed by atoms with van der Waals surface area (Å²) in [5.41, 5.74) is 0.954. The Morgan fingerprint density at radius 3 is 2.88 bits per heavy atom.